The molecule has 1 atom stereocenters. The summed E-state index contributed by atoms with van der Waals surface area (Å²) in [6.45, 7) is 11.7. The summed E-state index contributed by atoms with van der Waals surface area (Å²) in [6.07, 6.45) is 0. The second kappa shape index (κ2) is 7.03. The number of aryl methyl sites for hydroxylation is 1. The van der Waals surface area contributed by atoms with Crippen molar-refractivity contribution >= 4 is 5.69 Å². The minimum absolute atomic E-state index is 0.400. The molecule has 0 bridgehead atoms. The molecule has 3 nitrogen and oxygen atoms in total. The van der Waals surface area contributed by atoms with Crippen LogP contribution in [0.5, 0.6) is 0 Å². The molecule has 18 heavy (non-hydrogen) atoms. The molecule has 1 aromatic rings. The second-order valence-corrected chi connectivity index (χ2v) is 4.67. The smallest absolute Gasteiger partial charge is 0.0994 e. The van der Waals surface area contributed by atoms with Crippen LogP contribution >= 0.6 is 0 Å². The van der Waals surface area contributed by atoms with Crippen LogP contribution in [0.2, 0.25) is 0 Å². The minimum Gasteiger partial charge on any atom is -0.381 e. The van der Waals surface area contributed by atoms with Gasteiger partial charge in [-0.1, -0.05) is 13.8 Å². The highest BCUT2D eigenvalue weighted by Gasteiger charge is 2.07. The summed E-state index contributed by atoms with van der Waals surface area (Å²) in [7, 11) is 0. The van der Waals surface area contributed by atoms with Crippen LogP contribution in [0.4, 0.5) is 5.69 Å². The maximum Gasteiger partial charge on any atom is 0.0994 e. The first-order valence-corrected chi connectivity index (χ1v) is 6.60. The van der Waals surface area contributed by atoms with Crippen LogP contribution in [0.1, 0.15) is 31.9 Å². The largest absolute Gasteiger partial charge is 0.381 e. The summed E-state index contributed by atoms with van der Waals surface area (Å²) < 4.78 is 0. The molecule has 0 aliphatic rings. The molecule has 0 heterocycles. The van der Waals surface area contributed by atoms with Crippen molar-refractivity contribution in [2.24, 2.45) is 0 Å². The maximum atomic E-state index is 8.90. The average molecular weight is 245 g/mol. The van der Waals surface area contributed by atoms with Gasteiger partial charge in [0, 0.05) is 18.3 Å². The summed E-state index contributed by atoms with van der Waals surface area (Å²) in [4.78, 5) is 2.40. The van der Waals surface area contributed by atoms with Crippen molar-refractivity contribution in [3.05, 3.63) is 29.3 Å². The van der Waals surface area contributed by atoms with Gasteiger partial charge < -0.3 is 10.2 Å². The lowest BCUT2D eigenvalue weighted by Crippen LogP contribution is -2.34. The Balaban J connectivity index is 2.62. The fraction of sp³-hybridized carbons (Fsp3) is 0.533. The first-order chi connectivity index (χ1) is 8.60. The predicted octanol–water partition coefficient (Wildman–Crippen LogP) is 3.01. The Hall–Kier alpha value is -1.53. The fourth-order valence-electron chi connectivity index (χ4n) is 2.08. The lowest BCUT2D eigenvalue weighted by atomic mass is 10.1. The minimum atomic E-state index is 0.400. The average Bonchev–Trinajstić information content (AvgIpc) is 2.36. The Labute approximate surface area is 110 Å². The van der Waals surface area contributed by atoms with E-state index in [4.69, 9.17) is 5.26 Å². The van der Waals surface area contributed by atoms with Gasteiger partial charge in [-0.2, -0.15) is 5.26 Å². The number of rotatable bonds is 6. The zero-order valence-electron chi connectivity index (χ0n) is 11.8. The molecule has 98 valence electrons. The van der Waals surface area contributed by atoms with Crippen molar-refractivity contribution in [1.29, 1.82) is 5.26 Å². The lowest BCUT2D eigenvalue weighted by Gasteiger charge is -2.24. The molecule has 3 heteroatoms. The third-order valence-electron chi connectivity index (χ3n) is 3.19. The van der Waals surface area contributed by atoms with Gasteiger partial charge in [0.2, 0.25) is 0 Å². The Morgan fingerprint density at radius 3 is 2.50 bits per heavy atom. The van der Waals surface area contributed by atoms with Gasteiger partial charge in [0.1, 0.15) is 0 Å². The van der Waals surface area contributed by atoms with Gasteiger partial charge in [-0.15, -0.1) is 0 Å². The summed E-state index contributed by atoms with van der Waals surface area (Å²) >= 11 is 0. The van der Waals surface area contributed by atoms with E-state index >= 15 is 0 Å². The van der Waals surface area contributed by atoms with Crippen molar-refractivity contribution in [2.75, 3.05) is 25.0 Å². The van der Waals surface area contributed by atoms with E-state index in [2.05, 4.69) is 37.1 Å². The van der Waals surface area contributed by atoms with Gasteiger partial charge in [-0.25, -0.2) is 0 Å². The second-order valence-electron chi connectivity index (χ2n) is 4.67. The Bertz CT molecular complexity index is 416. The molecule has 0 saturated heterocycles. The van der Waals surface area contributed by atoms with E-state index in [1.165, 1.54) is 0 Å². The molecule has 1 aromatic carbocycles. The number of anilines is 1. The number of nitrogens with zero attached hydrogens (tertiary/aromatic N) is 2. The Morgan fingerprint density at radius 2 is 2.00 bits per heavy atom. The number of likely N-dealkylation sites (N-methyl/N-ethyl adjacent to an activating group) is 1. The van der Waals surface area contributed by atoms with Gasteiger partial charge in [0.15, 0.2) is 0 Å². The van der Waals surface area contributed by atoms with Gasteiger partial charge in [0.25, 0.3) is 0 Å². The third-order valence-corrected chi connectivity index (χ3v) is 3.19. The van der Waals surface area contributed by atoms with Gasteiger partial charge in [0.05, 0.1) is 11.6 Å². The molecule has 0 spiro atoms. The molecule has 0 fully saturated rings. The highest BCUT2D eigenvalue weighted by molar-refractivity contribution is 5.52. The van der Waals surface area contributed by atoms with E-state index in [0.29, 0.717) is 6.04 Å². The highest BCUT2D eigenvalue weighted by Crippen LogP contribution is 2.15. The molecule has 0 saturated carbocycles. The van der Waals surface area contributed by atoms with Crippen LogP contribution in [-0.2, 0) is 0 Å². The molecule has 0 amide bonds. The quantitative estimate of drug-likeness (QED) is 0.837. The van der Waals surface area contributed by atoms with E-state index < -0.39 is 0 Å². The fourth-order valence-corrected chi connectivity index (χ4v) is 2.08. The summed E-state index contributed by atoms with van der Waals surface area (Å²) in [5.41, 5.74) is 2.86. The lowest BCUT2D eigenvalue weighted by molar-refractivity contribution is 0.295. The van der Waals surface area contributed by atoms with Crippen molar-refractivity contribution in [3.63, 3.8) is 0 Å². The van der Waals surface area contributed by atoms with E-state index in [1.807, 2.05) is 25.1 Å². The molecule has 1 rings (SSSR count). The van der Waals surface area contributed by atoms with Crippen LogP contribution in [0.25, 0.3) is 0 Å². The van der Waals surface area contributed by atoms with E-state index in [-0.39, 0.29) is 0 Å². The van der Waals surface area contributed by atoms with E-state index in [1.54, 1.807) is 0 Å². The van der Waals surface area contributed by atoms with Crippen LogP contribution in [0, 0.1) is 18.3 Å². The van der Waals surface area contributed by atoms with Crippen molar-refractivity contribution in [1.82, 2.24) is 4.90 Å². The molecule has 1 N–H and O–H groups in total. The molecular formula is C15H23N3. The van der Waals surface area contributed by atoms with E-state index in [9.17, 15) is 0 Å². The van der Waals surface area contributed by atoms with Gasteiger partial charge in [-0.3, -0.25) is 0 Å². The summed E-state index contributed by atoms with van der Waals surface area (Å²) in [5.74, 6) is 0. The summed E-state index contributed by atoms with van der Waals surface area (Å²) in [5, 5.41) is 12.4. The SMILES string of the molecule is CCN(CC)CC(C)Nc1ccc(C#N)c(C)c1. The number of hydrogen-bond acceptors (Lipinski definition) is 3. The number of benzene rings is 1. The molecule has 0 radical (unpaired) electrons. The molecule has 0 aliphatic carbocycles. The van der Waals surface area contributed by atoms with Crippen molar-refractivity contribution < 1.29 is 0 Å². The normalized spacial score (nSPS) is 12.2. The van der Waals surface area contributed by atoms with Crippen LogP contribution < -0.4 is 5.32 Å². The van der Waals surface area contributed by atoms with Gasteiger partial charge >= 0.3 is 0 Å². The van der Waals surface area contributed by atoms with Crippen LogP contribution in [0.3, 0.4) is 0 Å². The third kappa shape index (κ3) is 4.05. The number of nitrogens with one attached hydrogen (secondary N) is 1. The van der Waals surface area contributed by atoms with Crippen molar-refractivity contribution in [2.45, 2.75) is 33.7 Å². The van der Waals surface area contributed by atoms with Crippen LogP contribution in [-0.4, -0.2) is 30.6 Å². The zero-order chi connectivity index (χ0) is 13.5. The van der Waals surface area contributed by atoms with Gasteiger partial charge in [-0.05, 0) is 50.7 Å². The van der Waals surface area contributed by atoms with Crippen LogP contribution in [0.15, 0.2) is 18.2 Å². The Kier molecular flexibility index (Phi) is 5.67. The number of hydrogen-bond donors (Lipinski definition) is 1. The zero-order valence-corrected chi connectivity index (χ0v) is 11.8. The molecular weight excluding hydrogens is 222 g/mol. The standard InChI is InChI=1S/C15H23N3/c1-5-18(6-2)11-13(4)17-15-8-7-14(10-16)12(3)9-15/h7-9,13,17H,5-6,11H2,1-4H3. The number of nitriles is 1. The monoisotopic (exact) mass is 245 g/mol. The van der Waals surface area contributed by atoms with E-state index in [0.717, 1.165) is 36.4 Å². The summed E-state index contributed by atoms with van der Waals surface area (Å²) in [6, 6.07) is 8.48. The first-order valence-electron chi connectivity index (χ1n) is 6.60. The molecule has 0 aliphatic heterocycles. The Morgan fingerprint density at radius 1 is 1.33 bits per heavy atom. The first kappa shape index (κ1) is 14.5. The predicted molar refractivity (Wildman–Crippen MR) is 76.8 cm³/mol. The molecule has 0 aromatic heterocycles. The van der Waals surface area contributed by atoms with Crippen molar-refractivity contribution in [3.8, 4) is 6.07 Å². The topological polar surface area (TPSA) is 39.1 Å². The highest BCUT2D eigenvalue weighted by atomic mass is 15.1. The molecule has 1 unspecified atom stereocenters. The maximum absolute atomic E-state index is 8.90.